The molecule has 1 aromatic heterocycles. The first-order valence-corrected chi connectivity index (χ1v) is 5.17. The van der Waals surface area contributed by atoms with Crippen LogP contribution in [-0.4, -0.2) is 9.55 Å². The molecule has 0 radical (unpaired) electrons. The van der Waals surface area contributed by atoms with Crippen molar-refractivity contribution < 1.29 is 0 Å². The zero-order valence-corrected chi connectivity index (χ0v) is 9.17. The Bertz CT molecular complexity index is 259. The van der Waals surface area contributed by atoms with Crippen LogP contribution in [0.2, 0.25) is 0 Å². The molecule has 2 nitrogen and oxygen atoms in total. The number of imidazole rings is 1. The molecule has 0 aliphatic heterocycles. The van der Waals surface area contributed by atoms with Crippen molar-refractivity contribution in [3.63, 3.8) is 0 Å². The summed E-state index contributed by atoms with van der Waals surface area (Å²) >= 11 is 0. The van der Waals surface area contributed by atoms with Crippen LogP contribution in [0.15, 0.2) is 6.33 Å². The van der Waals surface area contributed by atoms with Gasteiger partial charge in [0.2, 0.25) is 0 Å². The number of aryl methyl sites for hydroxylation is 1. The fourth-order valence-corrected chi connectivity index (χ4v) is 1.55. The summed E-state index contributed by atoms with van der Waals surface area (Å²) in [5, 5.41) is 0. The lowest BCUT2D eigenvalue weighted by Crippen LogP contribution is -2.09. The molecule has 0 amide bonds. The van der Waals surface area contributed by atoms with Crippen LogP contribution >= 0.6 is 0 Å². The normalized spacial score (nSPS) is 11.2. The number of hydrogen-bond acceptors (Lipinski definition) is 1. The van der Waals surface area contributed by atoms with Gasteiger partial charge in [0, 0.05) is 12.2 Å². The van der Waals surface area contributed by atoms with Gasteiger partial charge in [0.15, 0.2) is 0 Å². The number of rotatable bonds is 4. The van der Waals surface area contributed by atoms with E-state index >= 15 is 0 Å². The minimum absolute atomic E-state index is 0.798. The van der Waals surface area contributed by atoms with E-state index < -0.39 is 0 Å². The van der Waals surface area contributed by atoms with Gasteiger partial charge in [-0.05, 0) is 19.8 Å². The van der Waals surface area contributed by atoms with Gasteiger partial charge in [0.1, 0.15) is 0 Å². The van der Waals surface area contributed by atoms with Gasteiger partial charge in [0.05, 0.1) is 12.0 Å². The predicted octanol–water partition coefficient (Wildman–Crippen LogP) is 2.94. The average Bonchev–Trinajstić information content (AvgIpc) is 2.45. The number of aromatic nitrogens is 2. The number of hydrogen-bond donors (Lipinski definition) is 0. The van der Waals surface area contributed by atoms with E-state index in [-0.39, 0.29) is 0 Å². The van der Waals surface area contributed by atoms with Crippen molar-refractivity contribution in [2.45, 2.75) is 47.1 Å². The summed E-state index contributed by atoms with van der Waals surface area (Å²) in [6, 6.07) is 0. The second kappa shape index (κ2) is 4.45. The standard InChI is InChI=1S/C11H20N2/c1-5-11(6-2)7-13-8-12-9(3)10(13)4/h8,11H,5-7H2,1-4H3. The maximum absolute atomic E-state index is 4.30. The molecule has 74 valence electrons. The molecule has 0 aliphatic carbocycles. The van der Waals surface area contributed by atoms with Gasteiger partial charge in [-0.3, -0.25) is 0 Å². The molecule has 0 atom stereocenters. The maximum Gasteiger partial charge on any atom is 0.0951 e. The molecule has 0 aliphatic rings. The van der Waals surface area contributed by atoms with Gasteiger partial charge in [-0.25, -0.2) is 4.98 Å². The molecule has 0 unspecified atom stereocenters. The Morgan fingerprint density at radius 2 is 1.92 bits per heavy atom. The molecular weight excluding hydrogens is 160 g/mol. The Kier molecular flexibility index (Phi) is 3.52. The van der Waals surface area contributed by atoms with Crippen molar-refractivity contribution in [2.75, 3.05) is 0 Å². The van der Waals surface area contributed by atoms with E-state index in [2.05, 4.69) is 37.2 Å². The lowest BCUT2D eigenvalue weighted by molar-refractivity contribution is 0.414. The van der Waals surface area contributed by atoms with E-state index in [0.29, 0.717) is 0 Å². The molecule has 0 saturated heterocycles. The Labute approximate surface area is 81.0 Å². The highest BCUT2D eigenvalue weighted by Crippen LogP contribution is 2.13. The first kappa shape index (κ1) is 10.3. The largest absolute Gasteiger partial charge is 0.334 e. The van der Waals surface area contributed by atoms with Crippen LogP contribution in [0.3, 0.4) is 0 Å². The highest BCUT2D eigenvalue weighted by atomic mass is 15.1. The van der Waals surface area contributed by atoms with Crippen molar-refractivity contribution in [3.05, 3.63) is 17.7 Å². The van der Waals surface area contributed by atoms with E-state index in [1.165, 1.54) is 18.5 Å². The van der Waals surface area contributed by atoms with Crippen molar-refractivity contribution >= 4 is 0 Å². The lowest BCUT2D eigenvalue weighted by Gasteiger charge is -2.14. The zero-order chi connectivity index (χ0) is 9.84. The maximum atomic E-state index is 4.30. The zero-order valence-electron chi connectivity index (χ0n) is 9.17. The van der Waals surface area contributed by atoms with Crippen molar-refractivity contribution in [3.8, 4) is 0 Å². The average molecular weight is 180 g/mol. The Balaban J connectivity index is 2.67. The molecule has 1 rings (SSSR count). The summed E-state index contributed by atoms with van der Waals surface area (Å²) in [4.78, 5) is 4.30. The molecule has 1 aromatic rings. The van der Waals surface area contributed by atoms with E-state index in [0.717, 1.165) is 18.2 Å². The quantitative estimate of drug-likeness (QED) is 0.696. The third kappa shape index (κ3) is 2.33. The van der Waals surface area contributed by atoms with E-state index in [1.54, 1.807) is 0 Å². The molecule has 1 heterocycles. The second-order valence-corrected chi connectivity index (χ2v) is 3.75. The van der Waals surface area contributed by atoms with Gasteiger partial charge in [0.25, 0.3) is 0 Å². The molecule has 0 saturated carbocycles. The minimum atomic E-state index is 0.798. The molecule has 13 heavy (non-hydrogen) atoms. The minimum Gasteiger partial charge on any atom is -0.334 e. The smallest absolute Gasteiger partial charge is 0.0951 e. The van der Waals surface area contributed by atoms with Crippen LogP contribution < -0.4 is 0 Å². The third-order valence-corrected chi connectivity index (χ3v) is 2.95. The van der Waals surface area contributed by atoms with Crippen molar-refractivity contribution in [1.29, 1.82) is 0 Å². The molecular formula is C11H20N2. The fraction of sp³-hybridized carbons (Fsp3) is 0.727. The van der Waals surface area contributed by atoms with Gasteiger partial charge in [-0.1, -0.05) is 26.7 Å². The summed E-state index contributed by atoms with van der Waals surface area (Å²) < 4.78 is 2.27. The Hall–Kier alpha value is -0.790. The Morgan fingerprint density at radius 3 is 2.31 bits per heavy atom. The van der Waals surface area contributed by atoms with E-state index in [4.69, 9.17) is 0 Å². The van der Waals surface area contributed by atoms with Gasteiger partial charge in [-0.15, -0.1) is 0 Å². The summed E-state index contributed by atoms with van der Waals surface area (Å²) in [6.07, 6.45) is 4.48. The third-order valence-electron chi connectivity index (χ3n) is 2.95. The summed E-state index contributed by atoms with van der Waals surface area (Å²) in [7, 11) is 0. The van der Waals surface area contributed by atoms with Crippen molar-refractivity contribution in [2.24, 2.45) is 5.92 Å². The highest BCUT2D eigenvalue weighted by molar-refractivity contribution is 5.08. The van der Waals surface area contributed by atoms with Crippen LogP contribution in [0.5, 0.6) is 0 Å². The summed E-state index contributed by atoms with van der Waals surface area (Å²) in [5.41, 5.74) is 2.47. The summed E-state index contributed by atoms with van der Waals surface area (Å²) in [5.74, 6) is 0.798. The van der Waals surface area contributed by atoms with Crippen LogP contribution in [0, 0.1) is 19.8 Å². The second-order valence-electron chi connectivity index (χ2n) is 3.75. The van der Waals surface area contributed by atoms with Gasteiger partial charge in [-0.2, -0.15) is 0 Å². The SMILES string of the molecule is CCC(CC)Cn1cnc(C)c1C. The predicted molar refractivity (Wildman–Crippen MR) is 55.8 cm³/mol. The number of nitrogens with zero attached hydrogens (tertiary/aromatic N) is 2. The molecule has 0 fully saturated rings. The van der Waals surface area contributed by atoms with Crippen LogP contribution in [0.4, 0.5) is 0 Å². The topological polar surface area (TPSA) is 17.8 Å². The first-order valence-electron chi connectivity index (χ1n) is 5.17. The van der Waals surface area contributed by atoms with Gasteiger partial charge >= 0.3 is 0 Å². The Morgan fingerprint density at radius 1 is 1.31 bits per heavy atom. The van der Waals surface area contributed by atoms with Gasteiger partial charge < -0.3 is 4.57 Å². The van der Waals surface area contributed by atoms with Crippen LogP contribution in [-0.2, 0) is 6.54 Å². The van der Waals surface area contributed by atoms with Crippen molar-refractivity contribution in [1.82, 2.24) is 9.55 Å². The molecule has 0 aromatic carbocycles. The molecule has 0 spiro atoms. The van der Waals surface area contributed by atoms with Crippen LogP contribution in [0.25, 0.3) is 0 Å². The van der Waals surface area contributed by atoms with E-state index in [1.807, 2.05) is 6.33 Å². The lowest BCUT2D eigenvalue weighted by atomic mass is 10.0. The van der Waals surface area contributed by atoms with E-state index in [9.17, 15) is 0 Å². The summed E-state index contributed by atoms with van der Waals surface area (Å²) in [6.45, 7) is 9.85. The molecule has 0 N–H and O–H groups in total. The monoisotopic (exact) mass is 180 g/mol. The first-order chi connectivity index (χ1) is 6.19. The fourth-order valence-electron chi connectivity index (χ4n) is 1.55. The molecule has 2 heteroatoms. The molecule has 0 bridgehead atoms. The van der Waals surface area contributed by atoms with Crippen LogP contribution in [0.1, 0.15) is 38.1 Å². The highest BCUT2D eigenvalue weighted by Gasteiger charge is 2.07.